The molecule has 1 aliphatic rings. The first-order valence-corrected chi connectivity index (χ1v) is 7.58. The third-order valence-corrected chi connectivity index (χ3v) is 4.17. The molecule has 2 N–H and O–H groups in total. The quantitative estimate of drug-likeness (QED) is 0.885. The smallest absolute Gasteiger partial charge is 0.175 e. The fraction of sp³-hybridized carbons (Fsp3) is 0.500. The van der Waals surface area contributed by atoms with Crippen LogP contribution in [0, 0.1) is 0 Å². The molecule has 2 rings (SSSR count). The molecule has 0 radical (unpaired) electrons. The second-order valence-electron chi connectivity index (χ2n) is 4.49. The molecule has 0 aliphatic heterocycles. The Kier molecular flexibility index (Phi) is 3.40. The minimum atomic E-state index is -3.14. The number of benzene rings is 1. The molecule has 1 aromatic carbocycles. The van der Waals surface area contributed by atoms with Gasteiger partial charge in [-0.2, -0.15) is 0 Å². The number of hydrogen-bond donors (Lipinski definition) is 1. The highest BCUT2D eigenvalue weighted by Crippen LogP contribution is 2.24. The van der Waals surface area contributed by atoms with E-state index in [9.17, 15) is 8.42 Å². The summed E-state index contributed by atoms with van der Waals surface area (Å²) >= 11 is 0. The fourth-order valence-electron chi connectivity index (χ4n) is 2.04. The molecular formula is C12H17NO3S. The molecule has 0 amide bonds. The summed E-state index contributed by atoms with van der Waals surface area (Å²) in [5, 5.41) is 0. The number of nitrogens with two attached hydrogens (primary N) is 1. The van der Waals surface area contributed by atoms with Crippen LogP contribution < -0.4 is 10.5 Å². The predicted octanol–water partition coefficient (Wildman–Crippen LogP) is 1.35. The maximum atomic E-state index is 11.3. The van der Waals surface area contributed by atoms with E-state index >= 15 is 0 Å². The Morgan fingerprint density at radius 3 is 2.35 bits per heavy atom. The molecule has 0 aromatic heterocycles. The van der Waals surface area contributed by atoms with Gasteiger partial charge in [-0.25, -0.2) is 8.42 Å². The lowest BCUT2D eigenvalue weighted by Crippen LogP contribution is -2.33. The minimum Gasteiger partial charge on any atom is -0.489 e. The van der Waals surface area contributed by atoms with Crippen molar-refractivity contribution in [2.45, 2.75) is 36.3 Å². The van der Waals surface area contributed by atoms with Gasteiger partial charge in [0.15, 0.2) is 9.84 Å². The number of hydrogen-bond acceptors (Lipinski definition) is 4. The zero-order chi connectivity index (χ0) is 12.5. The molecule has 1 fully saturated rings. The Morgan fingerprint density at radius 2 is 1.88 bits per heavy atom. The van der Waals surface area contributed by atoms with E-state index in [1.54, 1.807) is 24.3 Å². The van der Waals surface area contributed by atoms with Crippen LogP contribution in [0.4, 0.5) is 0 Å². The summed E-state index contributed by atoms with van der Waals surface area (Å²) in [4.78, 5) is 0.306. The lowest BCUT2D eigenvalue weighted by Gasteiger charge is -2.17. The molecule has 2 unspecified atom stereocenters. The lowest BCUT2D eigenvalue weighted by molar-refractivity contribution is 0.191. The predicted molar refractivity (Wildman–Crippen MR) is 65.8 cm³/mol. The SMILES string of the molecule is CS(=O)(=O)c1ccc(OC2CCCC2N)cc1. The van der Waals surface area contributed by atoms with Crippen molar-refractivity contribution >= 4 is 9.84 Å². The molecule has 1 saturated carbocycles. The average molecular weight is 255 g/mol. The van der Waals surface area contributed by atoms with Gasteiger partial charge in [-0.1, -0.05) is 0 Å². The van der Waals surface area contributed by atoms with Gasteiger partial charge in [-0.05, 0) is 43.5 Å². The first-order chi connectivity index (χ1) is 7.97. The van der Waals surface area contributed by atoms with Crippen molar-refractivity contribution in [3.8, 4) is 5.75 Å². The van der Waals surface area contributed by atoms with E-state index in [0.29, 0.717) is 10.6 Å². The van der Waals surface area contributed by atoms with Gasteiger partial charge in [0.2, 0.25) is 0 Å². The third kappa shape index (κ3) is 2.98. The topological polar surface area (TPSA) is 69.4 Å². The summed E-state index contributed by atoms with van der Waals surface area (Å²) in [7, 11) is -3.14. The summed E-state index contributed by atoms with van der Waals surface area (Å²) in [6, 6.07) is 6.57. The van der Waals surface area contributed by atoms with Crippen molar-refractivity contribution in [2.75, 3.05) is 6.26 Å². The molecule has 0 heterocycles. The van der Waals surface area contributed by atoms with Crippen LogP contribution in [-0.4, -0.2) is 26.8 Å². The Labute approximate surface area is 102 Å². The van der Waals surface area contributed by atoms with E-state index in [1.807, 2.05) is 0 Å². The van der Waals surface area contributed by atoms with Crippen LogP contribution in [0.1, 0.15) is 19.3 Å². The van der Waals surface area contributed by atoms with Crippen molar-refractivity contribution in [3.63, 3.8) is 0 Å². The normalized spacial score (nSPS) is 24.8. The molecule has 4 nitrogen and oxygen atoms in total. The van der Waals surface area contributed by atoms with Gasteiger partial charge in [-0.15, -0.1) is 0 Å². The van der Waals surface area contributed by atoms with E-state index < -0.39 is 9.84 Å². The van der Waals surface area contributed by atoms with E-state index in [1.165, 1.54) is 6.26 Å². The molecule has 0 bridgehead atoms. The van der Waals surface area contributed by atoms with Crippen molar-refractivity contribution in [1.29, 1.82) is 0 Å². The van der Waals surface area contributed by atoms with E-state index in [0.717, 1.165) is 19.3 Å². The summed E-state index contributed by atoms with van der Waals surface area (Å²) in [5.74, 6) is 0.680. The Balaban J connectivity index is 2.08. The highest BCUT2D eigenvalue weighted by Gasteiger charge is 2.25. The Bertz CT molecular complexity index is 481. The van der Waals surface area contributed by atoms with E-state index in [2.05, 4.69) is 0 Å². The molecule has 0 spiro atoms. The van der Waals surface area contributed by atoms with Gasteiger partial charge in [0, 0.05) is 12.3 Å². The molecule has 94 valence electrons. The highest BCUT2D eigenvalue weighted by atomic mass is 32.2. The summed E-state index contributed by atoms with van der Waals surface area (Å²) in [6.07, 6.45) is 4.29. The Hall–Kier alpha value is -1.07. The van der Waals surface area contributed by atoms with Gasteiger partial charge in [-0.3, -0.25) is 0 Å². The largest absolute Gasteiger partial charge is 0.489 e. The van der Waals surface area contributed by atoms with Crippen LogP contribution >= 0.6 is 0 Å². The number of rotatable bonds is 3. The fourth-order valence-corrected chi connectivity index (χ4v) is 2.67. The number of ether oxygens (including phenoxy) is 1. The summed E-state index contributed by atoms with van der Waals surface area (Å²) in [6.45, 7) is 0. The monoisotopic (exact) mass is 255 g/mol. The first-order valence-electron chi connectivity index (χ1n) is 5.69. The van der Waals surface area contributed by atoms with Crippen molar-refractivity contribution in [1.82, 2.24) is 0 Å². The maximum absolute atomic E-state index is 11.3. The average Bonchev–Trinajstić information content (AvgIpc) is 2.64. The minimum absolute atomic E-state index is 0.0547. The first kappa shape index (κ1) is 12.4. The molecule has 1 aliphatic carbocycles. The van der Waals surface area contributed by atoms with Crippen LogP contribution in [-0.2, 0) is 9.84 Å². The van der Waals surface area contributed by atoms with Gasteiger partial charge in [0.25, 0.3) is 0 Å². The zero-order valence-corrected chi connectivity index (χ0v) is 10.6. The lowest BCUT2D eigenvalue weighted by atomic mass is 10.2. The maximum Gasteiger partial charge on any atom is 0.175 e. The van der Waals surface area contributed by atoms with Gasteiger partial charge < -0.3 is 10.5 Å². The third-order valence-electron chi connectivity index (χ3n) is 3.04. The van der Waals surface area contributed by atoms with Crippen LogP contribution in [0.25, 0.3) is 0 Å². The molecule has 5 heteroatoms. The summed E-state index contributed by atoms with van der Waals surface area (Å²) in [5.41, 5.74) is 5.91. The van der Waals surface area contributed by atoms with E-state index in [4.69, 9.17) is 10.5 Å². The summed E-state index contributed by atoms with van der Waals surface area (Å²) < 4.78 is 28.3. The van der Waals surface area contributed by atoms with Gasteiger partial charge in [0.05, 0.1) is 4.90 Å². The second kappa shape index (κ2) is 4.66. The molecule has 1 aromatic rings. The van der Waals surface area contributed by atoms with Crippen LogP contribution in [0.2, 0.25) is 0 Å². The van der Waals surface area contributed by atoms with Crippen LogP contribution in [0.15, 0.2) is 29.2 Å². The molecule has 2 atom stereocenters. The van der Waals surface area contributed by atoms with Crippen LogP contribution in [0.3, 0.4) is 0 Å². The van der Waals surface area contributed by atoms with Crippen LogP contribution in [0.5, 0.6) is 5.75 Å². The Morgan fingerprint density at radius 1 is 1.24 bits per heavy atom. The van der Waals surface area contributed by atoms with Gasteiger partial charge >= 0.3 is 0 Å². The highest BCUT2D eigenvalue weighted by molar-refractivity contribution is 7.90. The zero-order valence-electron chi connectivity index (χ0n) is 9.80. The molecular weight excluding hydrogens is 238 g/mol. The molecule has 0 saturated heterocycles. The van der Waals surface area contributed by atoms with Gasteiger partial charge in [0.1, 0.15) is 11.9 Å². The second-order valence-corrected chi connectivity index (χ2v) is 6.51. The number of sulfone groups is 1. The van der Waals surface area contributed by atoms with Crippen molar-refractivity contribution in [2.24, 2.45) is 5.73 Å². The molecule has 17 heavy (non-hydrogen) atoms. The van der Waals surface area contributed by atoms with Crippen molar-refractivity contribution in [3.05, 3.63) is 24.3 Å². The van der Waals surface area contributed by atoms with E-state index in [-0.39, 0.29) is 12.1 Å². The van der Waals surface area contributed by atoms with Crippen molar-refractivity contribution < 1.29 is 13.2 Å². The standard InChI is InChI=1S/C12H17NO3S/c1-17(14,15)10-7-5-9(6-8-10)16-12-4-2-3-11(12)13/h5-8,11-12H,2-4,13H2,1H3.